The Labute approximate surface area is 174 Å². The predicted molar refractivity (Wildman–Crippen MR) is 115 cm³/mol. The maximum absolute atomic E-state index is 12.5. The fourth-order valence-corrected chi connectivity index (χ4v) is 4.84. The van der Waals surface area contributed by atoms with E-state index in [1.165, 1.54) is 11.1 Å². The molecule has 1 unspecified atom stereocenters. The highest BCUT2D eigenvalue weighted by atomic mass is 32.2. The number of carbonyl (C=O) groups is 1. The smallest absolute Gasteiger partial charge is 0.240 e. The summed E-state index contributed by atoms with van der Waals surface area (Å²) in [5.41, 5.74) is 3.51. The van der Waals surface area contributed by atoms with E-state index in [2.05, 4.69) is 22.2 Å². The first-order valence-electron chi connectivity index (χ1n) is 10.3. The molecule has 1 atom stereocenters. The van der Waals surface area contributed by atoms with Gasteiger partial charge >= 0.3 is 0 Å². The van der Waals surface area contributed by atoms with E-state index < -0.39 is 10.0 Å². The van der Waals surface area contributed by atoms with Gasteiger partial charge in [0.25, 0.3) is 0 Å². The number of amides is 1. The van der Waals surface area contributed by atoms with Crippen LogP contribution in [-0.4, -0.2) is 20.9 Å². The van der Waals surface area contributed by atoms with Gasteiger partial charge in [0.1, 0.15) is 0 Å². The quantitative estimate of drug-likeness (QED) is 0.691. The summed E-state index contributed by atoms with van der Waals surface area (Å²) in [5, 5.41) is 3.16. The molecule has 0 radical (unpaired) electrons. The number of benzene rings is 2. The zero-order valence-corrected chi connectivity index (χ0v) is 18.0. The molecule has 2 N–H and O–H groups in total. The molecule has 0 saturated carbocycles. The summed E-state index contributed by atoms with van der Waals surface area (Å²) in [6, 6.07) is 15.2. The van der Waals surface area contributed by atoms with Gasteiger partial charge < -0.3 is 5.32 Å². The van der Waals surface area contributed by atoms with Crippen LogP contribution in [-0.2, 0) is 27.7 Å². The van der Waals surface area contributed by atoms with Gasteiger partial charge in [-0.25, -0.2) is 13.1 Å². The second-order valence-electron chi connectivity index (χ2n) is 8.10. The molecule has 0 heterocycles. The molecule has 5 nitrogen and oxygen atoms in total. The van der Waals surface area contributed by atoms with Gasteiger partial charge in [-0.15, -0.1) is 0 Å². The Hall–Kier alpha value is -2.18. The van der Waals surface area contributed by atoms with E-state index in [4.69, 9.17) is 0 Å². The van der Waals surface area contributed by atoms with Crippen LogP contribution in [0.3, 0.4) is 0 Å². The lowest BCUT2D eigenvalue weighted by Crippen LogP contribution is -2.31. The third-order valence-electron chi connectivity index (χ3n) is 5.26. The molecule has 0 aliphatic heterocycles. The molecule has 1 aliphatic rings. The highest BCUT2D eigenvalue weighted by Crippen LogP contribution is 2.29. The van der Waals surface area contributed by atoms with E-state index in [1.807, 2.05) is 26.0 Å². The number of nitrogens with one attached hydrogen (secondary N) is 2. The van der Waals surface area contributed by atoms with Crippen molar-refractivity contribution in [3.8, 4) is 0 Å². The zero-order valence-electron chi connectivity index (χ0n) is 17.1. The van der Waals surface area contributed by atoms with Crippen LogP contribution in [0.4, 0.5) is 0 Å². The van der Waals surface area contributed by atoms with Gasteiger partial charge in [-0.3, -0.25) is 4.79 Å². The van der Waals surface area contributed by atoms with Crippen molar-refractivity contribution in [3.05, 3.63) is 65.2 Å². The highest BCUT2D eigenvalue weighted by Gasteiger charge is 2.21. The SMILES string of the molecule is CC(C)CNS(=O)(=O)c1ccc(CCC(=O)NC2CCCc3ccccc32)cc1. The summed E-state index contributed by atoms with van der Waals surface area (Å²) in [6.07, 6.45) is 4.10. The largest absolute Gasteiger partial charge is 0.349 e. The van der Waals surface area contributed by atoms with E-state index in [-0.39, 0.29) is 22.8 Å². The Morgan fingerprint density at radius 2 is 1.83 bits per heavy atom. The summed E-state index contributed by atoms with van der Waals surface area (Å²) in [6.45, 7) is 4.33. The molecule has 0 fully saturated rings. The number of fused-ring (bicyclic) bond motifs is 1. The van der Waals surface area contributed by atoms with Crippen molar-refractivity contribution in [2.45, 2.75) is 56.9 Å². The van der Waals surface area contributed by atoms with Gasteiger partial charge in [0, 0.05) is 13.0 Å². The third-order valence-corrected chi connectivity index (χ3v) is 6.70. The molecule has 2 aromatic rings. The Morgan fingerprint density at radius 3 is 2.55 bits per heavy atom. The van der Waals surface area contributed by atoms with Gasteiger partial charge in [-0.2, -0.15) is 0 Å². The normalized spacial score (nSPS) is 16.4. The topological polar surface area (TPSA) is 75.3 Å². The van der Waals surface area contributed by atoms with Crippen molar-refractivity contribution in [1.82, 2.24) is 10.0 Å². The first-order chi connectivity index (χ1) is 13.8. The first kappa shape index (κ1) is 21.5. The molecular weight excluding hydrogens is 384 g/mol. The number of sulfonamides is 1. The maximum atomic E-state index is 12.5. The second kappa shape index (κ2) is 9.55. The summed E-state index contributed by atoms with van der Waals surface area (Å²) < 4.78 is 27.1. The highest BCUT2D eigenvalue weighted by molar-refractivity contribution is 7.89. The van der Waals surface area contributed by atoms with Crippen molar-refractivity contribution in [2.75, 3.05) is 6.54 Å². The van der Waals surface area contributed by atoms with Crippen molar-refractivity contribution in [2.24, 2.45) is 5.92 Å². The van der Waals surface area contributed by atoms with Crippen LogP contribution in [0.2, 0.25) is 0 Å². The maximum Gasteiger partial charge on any atom is 0.240 e. The van der Waals surface area contributed by atoms with Crippen LogP contribution in [0.1, 0.15) is 55.8 Å². The number of rotatable bonds is 8. The van der Waals surface area contributed by atoms with Crippen LogP contribution in [0.25, 0.3) is 0 Å². The molecule has 29 heavy (non-hydrogen) atoms. The molecule has 1 aliphatic carbocycles. The molecule has 156 valence electrons. The minimum absolute atomic E-state index is 0.0296. The Kier molecular flexibility index (Phi) is 7.09. The predicted octanol–water partition coefficient (Wildman–Crippen LogP) is 3.75. The Balaban J connectivity index is 1.53. The number of aryl methyl sites for hydroxylation is 2. The van der Waals surface area contributed by atoms with Gasteiger partial charge in [0.05, 0.1) is 10.9 Å². The van der Waals surface area contributed by atoms with Gasteiger partial charge in [0.2, 0.25) is 15.9 Å². The molecule has 1 amide bonds. The van der Waals surface area contributed by atoms with Crippen molar-refractivity contribution >= 4 is 15.9 Å². The summed E-state index contributed by atoms with van der Waals surface area (Å²) >= 11 is 0. The lowest BCUT2D eigenvalue weighted by atomic mass is 9.87. The Morgan fingerprint density at radius 1 is 1.10 bits per heavy atom. The van der Waals surface area contributed by atoms with E-state index in [0.717, 1.165) is 24.8 Å². The molecular formula is C23H30N2O3S. The number of hydrogen-bond donors (Lipinski definition) is 2. The minimum atomic E-state index is -3.48. The van der Waals surface area contributed by atoms with Crippen molar-refractivity contribution in [3.63, 3.8) is 0 Å². The fourth-order valence-electron chi connectivity index (χ4n) is 3.62. The average Bonchev–Trinajstić information content (AvgIpc) is 2.71. The molecule has 0 saturated heterocycles. The average molecular weight is 415 g/mol. The van der Waals surface area contributed by atoms with Crippen molar-refractivity contribution < 1.29 is 13.2 Å². The molecule has 0 spiro atoms. The Bertz CT molecular complexity index is 937. The standard InChI is InChI=1S/C23H30N2O3S/c1-17(2)16-24-29(27,28)20-13-10-18(11-14-20)12-15-23(26)25-22-9-5-7-19-6-3-4-8-21(19)22/h3-4,6,8,10-11,13-14,17,22,24H,5,7,9,12,15-16H2,1-2H3,(H,25,26). The molecule has 0 bridgehead atoms. The van der Waals surface area contributed by atoms with Crippen LogP contribution < -0.4 is 10.0 Å². The summed E-state index contributed by atoms with van der Waals surface area (Å²) in [5.74, 6) is 0.278. The fraction of sp³-hybridized carbons (Fsp3) is 0.435. The van der Waals surface area contributed by atoms with Gasteiger partial charge in [-0.05, 0) is 60.4 Å². The van der Waals surface area contributed by atoms with E-state index in [9.17, 15) is 13.2 Å². The number of carbonyl (C=O) groups excluding carboxylic acids is 1. The summed E-state index contributed by atoms with van der Waals surface area (Å²) in [4.78, 5) is 12.7. The molecule has 2 aromatic carbocycles. The van der Waals surface area contributed by atoms with Gasteiger partial charge in [0.15, 0.2) is 0 Å². The third kappa shape index (κ3) is 5.90. The van der Waals surface area contributed by atoms with Crippen LogP contribution in [0.15, 0.2) is 53.4 Å². The van der Waals surface area contributed by atoms with Crippen LogP contribution in [0.5, 0.6) is 0 Å². The first-order valence-corrected chi connectivity index (χ1v) is 11.8. The van der Waals surface area contributed by atoms with E-state index in [0.29, 0.717) is 19.4 Å². The molecule has 3 rings (SSSR count). The van der Waals surface area contributed by atoms with Gasteiger partial charge in [-0.1, -0.05) is 50.2 Å². The second-order valence-corrected chi connectivity index (χ2v) is 9.87. The monoisotopic (exact) mass is 414 g/mol. The lowest BCUT2D eigenvalue weighted by molar-refractivity contribution is -0.121. The summed E-state index contributed by atoms with van der Waals surface area (Å²) in [7, 11) is -3.48. The lowest BCUT2D eigenvalue weighted by Gasteiger charge is -2.26. The zero-order chi connectivity index (χ0) is 20.9. The van der Waals surface area contributed by atoms with E-state index >= 15 is 0 Å². The van der Waals surface area contributed by atoms with Crippen LogP contribution >= 0.6 is 0 Å². The minimum Gasteiger partial charge on any atom is -0.349 e. The molecule has 0 aromatic heterocycles. The van der Waals surface area contributed by atoms with Crippen LogP contribution in [0, 0.1) is 5.92 Å². The number of hydrogen-bond acceptors (Lipinski definition) is 3. The molecule has 6 heteroatoms. The van der Waals surface area contributed by atoms with E-state index in [1.54, 1.807) is 24.3 Å². The van der Waals surface area contributed by atoms with Crippen molar-refractivity contribution in [1.29, 1.82) is 0 Å².